The van der Waals surface area contributed by atoms with E-state index in [1.165, 1.54) is 30.4 Å². The number of ether oxygens (including phenoxy) is 3. The molecule has 1 aromatic carbocycles. The Morgan fingerprint density at radius 1 is 1.09 bits per heavy atom. The molecule has 1 heterocycles. The van der Waals surface area contributed by atoms with Crippen LogP contribution in [0.15, 0.2) is 18.2 Å². The fourth-order valence-corrected chi connectivity index (χ4v) is 3.13. The van der Waals surface area contributed by atoms with Crippen LogP contribution in [0.2, 0.25) is 0 Å². The second-order valence-corrected chi connectivity index (χ2v) is 6.25. The van der Waals surface area contributed by atoms with E-state index in [0.717, 1.165) is 38.2 Å². The average Bonchev–Trinajstić information content (AvgIpc) is 2.59. The first-order valence-electron chi connectivity index (χ1n) is 8.43. The van der Waals surface area contributed by atoms with Gasteiger partial charge in [0.1, 0.15) is 18.5 Å². The summed E-state index contributed by atoms with van der Waals surface area (Å²) in [5, 5.41) is 10.00. The molecule has 1 aromatic rings. The minimum absolute atomic E-state index is 0.215. The van der Waals surface area contributed by atoms with Crippen molar-refractivity contribution in [2.75, 3.05) is 26.4 Å². The standard InChI is InChI=1S/C18H26O4/c19-16(12-21-17-7-9-20-10-8-17)13-22-18-6-5-14-3-1-2-4-15(14)11-18/h5-6,11,16-17,19H,1-4,7-10,12-13H2. The van der Waals surface area contributed by atoms with E-state index in [2.05, 4.69) is 12.1 Å². The van der Waals surface area contributed by atoms with Crippen LogP contribution in [0.4, 0.5) is 0 Å². The molecule has 4 heteroatoms. The van der Waals surface area contributed by atoms with Crippen molar-refractivity contribution in [3.05, 3.63) is 29.3 Å². The number of fused-ring (bicyclic) bond motifs is 1. The molecule has 22 heavy (non-hydrogen) atoms. The molecule has 0 radical (unpaired) electrons. The third-order valence-corrected chi connectivity index (χ3v) is 4.45. The van der Waals surface area contributed by atoms with E-state index in [4.69, 9.17) is 14.2 Å². The van der Waals surface area contributed by atoms with E-state index in [0.29, 0.717) is 6.61 Å². The fraction of sp³-hybridized carbons (Fsp3) is 0.667. The van der Waals surface area contributed by atoms with Crippen LogP contribution >= 0.6 is 0 Å². The second-order valence-electron chi connectivity index (χ2n) is 6.25. The highest BCUT2D eigenvalue weighted by Crippen LogP contribution is 2.25. The Bertz CT molecular complexity index is 468. The average molecular weight is 306 g/mol. The minimum atomic E-state index is -0.584. The zero-order valence-corrected chi connectivity index (χ0v) is 13.1. The lowest BCUT2D eigenvalue weighted by atomic mass is 9.92. The van der Waals surface area contributed by atoms with Gasteiger partial charge in [0.2, 0.25) is 0 Å². The van der Waals surface area contributed by atoms with Crippen molar-refractivity contribution < 1.29 is 19.3 Å². The summed E-state index contributed by atoms with van der Waals surface area (Å²) in [5.74, 6) is 0.853. The zero-order chi connectivity index (χ0) is 15.2. The number of aliphatic hydroxyl groups excluding tert-OH is 1. The molecule has 1 saturated heterocycles. The lowest BCUT2D eigenvalue weighted by Crippen LogP contribution is -2.30. The lowest BCUT2D eigenvalue weighted by molar-refractivity contribution is -0.0659. The zero-order valence-electron chi connectivity index (χ0n) is 13.1. The highest BCUT2D eigenvalue weighted by molar-refractivity contribution is 5.37. The van der Waals surface area contributed by atoms with Crippen LogP contribution in [-0.4, -0.2) is 43.7 Å². The molecule has 4 nitrogen and oxygen atoms in total. The van der Waals surface area contributed by atoms with Gasteiger partial charge in [0.25, 0.3) is 0 Å². The Kier molecular flexibility index (Phi) is 5.70. The van der Waals surface area contributed by atoms with Gasteiger partial charge in [0.15, 0.2) is 0 Å². The molecule has 3 rings (SSSR count). The molecular formula is C18H26O4. The predicted octanol–water partition coefficient (Wildman–Crippen LogP) is 2.50. The molecule has 0 spiro atoms. The van der Waals surface area contributed by atoms with Crippen molar-refractivity contribution in [1.82, 2.24) is 0 Å². The number of aryl methyl sites for hydroxylation is 2. The van der Waals surface area contributed by atoms with E-state index in [-0.39, 0.29) is 12.7 Å². The molecule has 1 atom stereocenters. The Balaban J connectivity index is 1.41. The van der Waals surface area contributed by atoms with Gasteiger partial charge < -0.3 is 19.3 Å². The Morgan fingerprint density at radius 3 is 2.68 bits per heavy atom. The molecule has 2 aliphatic rings. The van der Waals surface area contributed by atoms with Gasteiger partial charge in [-0.3, -0.25) is 0 Å². The summed E-state index contributed by atoms with van der Waals surface area (Å²) in [7, 11) is 0. The molecule has 0 amide bonds. The molecule has 1 N–H and O–H groups in total. The number of rotatable bonds is 6. The van der Waals surface area contributed by atoms with Gasteiger partial charge in [0.05, 0.1) is 12.7 Å². The Hall–Kier alpha value is -1.10. The Morgan fingerprint density at radius 2 is 1.86 bits per heavy atom. The van der Waals surface area contributed by atoms with Gasteiger partial charge in [0, 0.05) is 13.2 Å². The van der Waals surface area contributed by atoms with Crippen LogP contribution in [-0.2, 0) is 22.3 Å². The maximum Gasteiger partial charge on any atom is 0.119 e. The van der Waals surface area contributed by atoms with E-state index in [1.54, 1.807) is 0 Å². The molecule has 1 aliphatic carbocycles. The third kappa shape index (κ3) is 4.45. The van der Waals surface area contributed by atoms with Crippen LogP contribution in [0.1, 0.15) is 36.8 Å². The van der Waals surface area contributed by atoms with Crippen molar-refractivity contribution >= 4 is 0 Å². The largest absolute Gasteiger partial charge is 0.491 e. The van der Waals surface area contributed by atoms with Crippen molar-refractivity contribution in [3.8, 4) is 5.75 Å². The molecule has 0 aromatic heterocycles. The first-order chi connectivity index (χ1) is 10.8. The number of aliphatic hydroxyl groups is 1. The van der Waals surface area contributed by atoms with Gasteiger partial charge in [-0.1, -0.05) is 6.07 Å². The first kappa shape index (κ1) is 15.8. The van der Waals surface area contributed by atoms with Crippen LogP contribution in [0.25, 0.3) is 0 Å². The highest BCUT2D eigenvalue weighted by Gasteiger charge is 2.16. The van der Waals surface area contributed by atoms with Crippen LogP contribution in [0.3, 0.4) is 0 Å². The number of benzene rings is 1. The van der Waals surface area contributed by atoms with Gasteiger partial charge in [-0.05, 0) is 61.8 Å². The summed E-state index contributed by atoms with van der Waals surface area (Å²) < 4.78 is 16.7. The monoisotopic (exact) mass is 306 g/mol. The minimum Gasteiger partial charge on any atom is -0.491 e. The van der Waals surface area contributed by atoms with Gasteiger partial charge in [-0.2, -0.15) is 0 Å². The predicted molar refractivity (Wildman–Crippen MR) is 84.4 cm³/mol. The Labute approximate surface area is 132 Å². The normalized spacial score (nSPS) is 20.4. The summed E-state index contributed by atoms with van der Waals surface area (Å²) in [6.45, 7) is 2.12. The van der Waals surface area contributed by atoms with E-state index < -0.39 is 6.10 Å². The van der Waals surface area contributed by atoms with Crippen molar-refractivity contribution in [1.29, 1.82) is 0 Å². The van der Waals surface area contributed by atoms with Crippen LogP contribution < -0.4 is 4.74 Å². The maximum absolute atomic E-state index is 10.00. The topological polar surface area (TPSA) is 47.9 Å². The fourth-order valence-electron chi connectivity index (χ4n) is 3.13. The van der Waals surface area contributed by atoms with Gasteiger partial charge in [-0.15, -0.1) is 0 Å². The highest BCUT2D eigenvalue weighted by atomic mass is 16.5. The summed E-state index contributed by atoms with van der Waals surface area (Å²) in [5.41, 5.74) is 2.85. The van der Waals surface area contributed by atoms with Crippen LogP contribution in [0, 0.1) is 0 Å². The number of hydrogen-bond acceptors (Lipinski definition) is 4. The summed E-state index contributed by atoms with van der Waals surface area (Å²) in [6, 6.07) is 6.30. The van der Waals surface area contributed by atoms with Crippen molar-refractivity contribution in [2.45, 2.75) is 50.7 Å². The van der Waals surface area contributed by atoms with Crippen molar-refractivity contribution in [3.63, 3.8) is 0 Å². The molecule has 1 aliphatic heterocycles. The molecule has 0 saturated carbocycles. The van der Waals surface area contributed by atoms with Crippen LogP contribution in [0.5, 0.6) is 5.75 Å². The second kappa shape index (κ2) is 7.95. The molecule has 1 fully saturated rings. The van der Waals surface area contributed by atoms with E-state index >= 15 is 0 Å². The lowest BCUT2D eigenvalue weighted by Gasteiger charge is -2.24. The van der Waals surface area contributed by atoms with Crippen molar-refractivity contribution in [2.24, 2.45) is 0 Å². The molecule has 0 bridgehead atoms. The van der Waals surface area contributed by atoms with E-state index in [9.17, 15) is 5.11 Å². The summed E-state index contributed by atoms with van der Waals surface area (Å²) in [6.07, 6.45) is 6.33. The SMILES string of the molecule is OC(COc1ccc2c(c1)CCCC2)COC1CCOCC1. The summed E-state index contributed by atoms with van der Waals surface area (Å²) in [4.78, 5) is 0. The maximum atomic E-state index is 10.00. The first-order valence-corrected chi connectivity index (χ1v) is 8.43. The van der Waals surface area contributed by atoms with Gasteiger partial charge >= 0.3 is 0 Å². The molecule has 122 valence electrons. The van der Waals surface area contributed by atoms with E-state index in [1.807, 2.05) is 6.07 Å². The van der Waals surface area contributed by atoms with Gasteiger partial charge in [-0.25, -0.2) is 0 Å². The number of hydrogen-bond donors (Lipinski definition) is 1. The molecular weight excluding hydrogens is 280 g/mol. The smallest absolute Gasteiger partial charge is 0.119 e. The summed E-state index contributed by atoms with van der Waals surface area (Å²) >= 11 is 0. The third-order valence-electron chi connectivity index (χ3n) is 4.45. The quantitative estimate of drug-likeness (QED) is 0.877. The molecule has 1 unspecified atom stereocenters.